The molecule has 2 aromatic rings. The summed E-state index contributed by atoms with van der Waals surface area (Å²) in [7, 11) is 3.36. The number of aromatic nitrogens is 3. The lowest BCUT2D eigenvalue weighted by Crippen LogP contribution is -3.09. The molecule has 0 bridgehead atoms. The molecular weight excluding hydrogens is 308 g/mol. The van der Waals surface area contributed by atoms with Gasteiger partial charge in [0.2, 0.25) is 11.9 Å². The second-order valence-corrected chi connectivity index (χ2v) is 5.86. The molecule has 1 aromatic carbocycles. The number of hydrogen-bond acceptors (Lipinski definition) is 7. The first-order chi connectivity index (χ1) is 11.6. The molecule has 1 aliphatic heterocycles. The van der Waals surface area contributed by atoms with Crippen LogP contribution >= 0.6 is 0 Å². The quantitative estimate of drug-likeness (QED) is 0.705. The summed E-state index contributed by atoms with van der Waals surface area (Å²) in [4.78, 5) is 13.6. The third kappa shape index (κ3) is 3.33. The summed E-state index contributed by atoms with van der Waals surface area (Å²) >= 11 is 0. The van der Waals surface area contributed by atoms with Gasteiger partial charge in [0.05, 0.1) is 26.3 Å². The van der Waals surface area contributed by atoms with Gasteiger partial charge in [-0.1, -0.05) is 0 Å². The van der Waals surface area contributed by atoms with E-state index in [1.54, 1.807) is 14.2 Å². The minimum absolute atomic E-state index is 0.159. The molecule has 8 nitrogen and oxygen atoms in total. The number of nitrogen functional groups attached to an aromatic ring is 2. The fraction of sp³-hybridized carbons (Fsp3) is 0.438. The van der Waals surface area contributed by atoms with E-state index in [1.165, 1.54) is 4.90 Å². The number of rotatable bonds is 5. The van der Waals surface area contributed by atoms with E-state index in [-0.39, 0.29) is 17.9 Å². The highest BCUT2D eigenvalue weighted by molar-refractivity contribution is 5.41. The van der Waals surface area contributed by atoms with Crippen molar-refractivity contribution in [2.24, 2.45) is 0 Å². The Labute approximate surface area is 140 Å². The van der Waals surface area contributed by atoms with E-state index >= 15 is 0 Å². The summed E-state index contributed by atoms with van der Waals surface area (Å²) in [5, 5.41) is 0. The number of ether oxygens (including phenoxy) is 2. The fourth-order valence-corrected chi connectivity index (χ4v) is 3.35. The predicted molar refractivity (Wildman–Crippen MR) is 89.7 cm³/mol. The Morgan fingerprint density at radius 3 is 2.54 bits per heavy atom. The summed E-state index contributed by atoms with van der Waals surface area (Å²) < 4.78 is 10.9. The molecule has 0 saturated carbocycles. The van der Waals surface area contributed by atoms with Crippen molar-refractivity contribution >= 4 is 11.9 Å². The molecule has 1 aliphatic rings. The zero-order valence-electron chi connectivity index (χ0n) is 14.0. The van der Waals surface area contributed by atoms with Gasteiger partial charge in [0, 0.05) is 12.8 Å². The molecule has 24 heavy (non-hydrogen) atoms. The number of methoxy groups -OCH3 is 2. The van der Waals surface area contributed by atoms with Crippen molar-refractivity contribution in [3.63, 3.8) is 0 Å². The molecule has 1 unspecified atom stereocenters. The van der Waals surface area contributed by atoms with Crippen LogP contribution < -0.4 is 25.8 Å². The maximum absolute atomic E-state index is 5.67. The van der Waals surface area contributed by atoms with Gasteiger partial charge in [-0.25, -0.2) is 0 Å². The normalized spacial score (nSPS) is 20.1. The van der Waals surface area contributed by atoms with Crippen LogP contribution in [0.2, 0.25) is 0 Å². The van der Waals surface area contributed by atoms with Crippen LogP contribution in [0.3, 0.4) is 0 Å². The molecule has 0 radical (unpaired) electrons. The van der Waals surface area contributed by atoms with E-state index in [0.717, 1.165) is 36.4 Å². The van der Waals surface area contributed by atoms with Crippen molar-refractivity contribution in [2.75, 3.05) is 32.2 Å². The van der Waals surface area contributed by atoms with Crippen molar-refractivity contribution in [3.8, 4) is 11.5 Å². The number of hydrogen-bond donors (Lipinski definition) is 3. The average Bonchev–Trinajstić information content (AvgIpc) is 3.01. The van der Waals surface area contributed by atoms with Crippen LogP contribution in [0.5, 0.6) is 11.5 Å². The molecule has 2 atom stereocenters. The van der Waals surface area contributed by atoms with E-state index in [2.05, 4.69) is 15.0 Å². The van der Waals surface area contributed by atoms with Crippen LogP contribution in [-0.2, 0) is 6.54 Å². The molecule has 1 saturated heterocycles. The van der Waals surface area contributed by atoms with Crippen LogP contribution in [-0.4, -0.2) is 35.7 Å². The lowest BCUT2D eigenvalue weighted by atomic mass is 10.0. The SMILES string of the molecule is COc1ccc(OC)c([C@H]2CCC[NH+]2Cc2nc(N)nc(N)n2)c1. The Morgan fingerprint density at radius 2 is 1.88 bits per heavy atom. The standard InChI is InChI=1S/C16H22N6O2/c1-23-10-5-6-13(24-2)11(8-10)12-4-3-7-22(12)9-14-19-15(17)21-16(18)20-14/h5-6,8,12H,3-4,7,9H2,1-2H3,(H4,17,18,19,20,21)/p+1/t12-/m1/s1. The predicted octanol–water partition coefficient (Wildman–Crippen LogP) is -0.0268. The average molecular weight is 331 g/mol. The molecule has 2 heterocycles. The van der Waals surface area contributed by atoms with Gasteiger partial charge < -0.3 is 25.8 Å². The Kier molecular flexibility index (Phi) is 4.66. The summed E-state index contributed by atoms with van der Waals surface area (Å²) in [6.07, 6.45) is 2.19. The van der Waals surface area contributed by atoms with E-state index in [9.17, 15) is 0 Å². The van der Waals surface area contributed by atoms with Gasteiger partial charge in [0.1, 0.15) is 24.1 Å². The molecule has 128 valence electrons. The number of nitrogens with two attached hydrogens (primary N) is 2. The van der Waals surface area contributed by atoms with E-state index in [4.69, 9.17) is 20.9 Å². The number of nitrogens with zero attached hydrogens (tertiary/aromatic N) is 3. The highest BCUT2D eigenvalue weighted by Crippen LogP contribution is 2.31. The van der Waals surface area contributed by atoms with E-state index in [1.807, 2.05) is 18.2 Å². The maximum atomic E-state index is 5.67. The first-order valence-electron chi connectivity index (χ1n) is 7.93. The van der Waals surface area contributed by atoms with Crippen molar-refractivity contribution in [1.29, 1.82) is 0 Å². The number of anilines is 2. The zero-order chi connectivity index (χ0) is 17.1. The summed E-state index contributed by atoms with van der Waals surface area (Å²) in [6.45, 7) is 1.67. The molecule has 1 aromatic heterocycles. The lowest BCUT2D eigenvalue weighted by molar-refractivity contribution is -0.932. The molecule has 0 spiro atoms. The minimum Gasteiger partial charge on any atom is -0.497 e. The van der Waals surface area contributed by atoms with Gasteiger partial charge >= 0.3 is 0 Å². The highest BCUT2D eigenvalue weighted by atomic mass is 16.5. The van der Waals surface area contributed by atoms with Gasteiger partial charge in [-0.05, 0) is 18.2 Å². The topological polar surface area (TPSA) is 114 Å². The van der Waals surface area contributed by atoms with Gasteiger partial charge in [0.25, 0.3) is 0 Å². The summed E-state index contributed by atoms with van der Waals surface area (Å²) in [5.74, 6) is 2.63. The second-order valence-electron chi connectivity index (χ2n) is 5.86. The third-order valence-corrected chi connectivity index (χ3v) is 4.40. The molecule has 8 heteroatoms. The summed E-state index contributed by atoms with van der Waals surface area (Å²) in [6, 6.07) is 6.19. The second kappa shape index (κ2) is 6.88. The van der Waals surface area contributed by atoms with Crippen LogP contribution in [0, 0.1) is 0 Å². The minimum atomic E-state index is 0.159. The lowest BCUT2D eigenvalue weighted by Gasteiger charge is -2.23. The maximum Gasteiger partial charge on any atom is 0.225 e. The Bertz CT molecular complexity index is 703. The Hall–Kier alpha value is -2.61. The zero-order valence-corrected chi connectivity index (χ0v) is 14.0. The molecule has 0 aliphatic carbocycles. The van der Waals surface area contributed by atoms with Gasteiger partial charge in [0.15, 0.2) is 5.82 Å². The monoisotopic (exact) mass is 331 g/mol. The third-order valence-electron chi connectivity index (χ3n) is 4.40. The number of likely N-dealkylation sites (tertiary alicyclic amines) is 1. The van der Waals surface area contributed by atoms with Gasteiger partial charge in [-0.3, -0.25) is 0 Å². The van der Waals surface area contributed by atoms with Crippen LogP contribution in [0.25, 0.3) is 0 Å². The van der Waals surface area contributed by atoms with E-state index < -0.39 is 0 Å². The molecule has 3 rings (SSSR count). The molecule has 0 amide bonds. The van der Waals surface area contributed by atoms with E-state index in [0.29, 0.717) is 12.4 Å². The smallest absolute Gasteiger partial charge is 0.225 e. The number of nitrogens with one attached hydrogen (secondary N) is 1. The molecular formula is C16H23N6O2+. The molecule has 5 N–H and O–H groups in total. The fourth-order valence-electron chi connectivity index (χ4n) is 3.35. The van der Waals surface area contributed by atoms with Gasteiger partial charge in [-0.2, -0.15) is 15.0 Å². The van der Waals surface area contributed by atoms with Crippen LogP contribution in [0.1, 0.15) is 30.3 Å². The van der Waals surface area contributed by atoms with Gasteiger partial charge in [-0.15, -0.1) is 0 Å². The van der Waals surface area contributed by atoms with Crippen molar-refractivity contribution < 1.29 is 14.4 Å². The van der Waals surface area contributed by atoms with Crippen molar-refractivity contribution in [3.05, 3.63) is 29.6 Å². The summed E-state index contributed by atoms with van der Waals surface area (Å²) in [5.41, 5.74) is 12.5. The van der Waals surface area contributed by atoms with Crippen LogP contribution in [0.4, 0.5) is 11.9 Å². The Balaban J connectivity index is 1.88. The van der Waals surface area contributed by atoms with Crippen molar-refractivity contribution in [1.82, 2.24) is 15.0 Å². The van der Waals surface area contributed by atoms with Crippen LogP contribution in [0.15, 0.2) is 18.2 Å². The Morgan fingerprint density at radius 1 is 1.12 bits per heavy atom. The largest absolute Gasteiger partial charge is 0.497 e. The van der Waals surface area contributed by atoms with Crippen molar-refractivity contribution in [2.45, 2.75) is 25.4 Å². The number of benzene rings is 1. The highest BCUT2D eigenvalue weighted by Gasteiger charge is 2.33. The first kappa shape index (κ1) is 16.3. The number of quaternary nitrogens is 1. The first-order valence-corrected chi connectivity index (χ1v) is 7.93. The molecule has 1 fully saturated rings.